The molecular weight excluding hydrogens is 388 g/mol. The smallest absolute Gasteiger partial charge is 0.338 e. The number of aryl methyl sites for hydroxylation is 2. The summed E-state index contributed by atoms with van der Waals surface area (Å²) in [5.74, 6) is -0.376. The van der Waals surface area contributed by atoms with Crippen LogP contribution >= 0.6 is 11.3 Å². The second-order valence-corrected chi connectivity index (χ2v) is 9.48. The number of H-pyrrole nitrogens is 1. The van der Waals surface area contributed by atoms with Crippen LogP contribution in [-0.4, -0.2) is 30.6 Å². The van der Waals surface area contributed by atoms with Crippen molar-refractivity contribution in [3.8, 4) is 0 Å². The Morgan fingerprint density at radius 1 is 1.22 bits per heavy atom. The molecule has 2 heterocycles. The van der Waals surface area contributed by atoms with Crippen molar-refractivity contribution in [1.29, 1.82) is 0 Å². The van der Waals surface area contributed by atoms with E-state index in [1.165, 1.54) is 35.6 Å². The van der Waals surface area contributed by atoms with Gasteiger partial charge in [-0.15, -0.1) is 11.3 Å². The summed E-state index contributed by atoms with van der Waals surface area (Å²) in [4.78, 5) is 33.5. The van der Waals surface area contributed by atoms with Crippen LogP contribution in [0.2, 0.25) is 0 Å². The molecule has 2 aromatic heterocycles. The SMILES string of the molecule is Cc1sc2nc([C@@H](C)OC(=O)c3ccc(S(C)(=O)=O)cc3)[nH]c(=O)c2c1C. The molecule has 142 valence electrons. The van der Waals surface area contributed by atoms with Gasteiger partial charge in [0.2, 0.25) is 0 Å². The van der Waals surface area contributed by atoms with E-state index in [1.807, 2.05) is 13.8 Å². The largest absolute Gasteiger partial charge is 0.451 e. The monoisotopic (exact) mass is 406 g/mol. The third kappa shape index (κ3) is 3.79. The maximum atomic E-state index is 12.3. The van der Waals surface area contributed by atoms with Crippen molar-refractivity contribution in [3.63, 3.8) is 0 Å². The quantitative estimate of drug-likeness (QED) is 0.668. The van der Waals surface area contributed by atoms with Gasteiger partial charge in [0.15, 0.2) is 21.8 Å². The Hall–Kier alpha value is -2.52. The van der Waals surface area contributed by atoms with Gasteiger partial charge < -0.3 is 9.72 Å². The van der Waals surface area contributed by atoms with Crippen molar-refractivity contribution < 1.29 is 17.9 Å². The molecule has 1 N–H and O–H groups in total. The van der Waals surface area contributed by atoms with Gasteiger partial charge in [-0.05, 0) is 50.6 Å². The minimum Gasteiger partial charge on any atom is -0.451 e. The Kier molecular flexibility index (Phi) is 4.92. The minimum absolute atomic E-state index is 0.118. The molecule has 0 fully saturated rings. The van der Waals surface area contributed by atoms with E-state index in [0.29, 0.717) is 10.2 Å². The molecule has 0 spiro atoms. The van der Waals surface area contributed by atoms with Gasteiger partial charge in [-0.2, -0.15) is 0 Å². The molecule has 3 aromatic rings. The van der Waals surface area contributed by atoms with Gasteiger partial charge in [-0.3, -0.25) is 4.79 Å². The van der Waals surface area contributed by atoms with Gasteiger partial charge >= 0.3 is 5.97 Å². The number of ether oxygens (including phenoxy) is 1. The van der Waals surface area contributed by atoms with Crippen LogP contribution < -0.4 is 5.56 Å². The normalized spacial score (nSPS) is 12.9. The molecule has 0 amide bonds. The zero-order valence-corrected chi connectivity index (χ0v) is 16.8. The van der Waals surface area contributed by atoms with E-state index in [-0.39, 0.29) is 21.8 Å². The molecule has 0 unspecified atom stereocenters. The molecule has 0 saturated heterocycles. The second kappa shape index (κ2) is 6.90. The van der Waals surface area contributed by atoms with Gasteiger partial charge in [-0.25, -0.2) is 18.2 Å². The van der Waals surface area contributed by atoms with Crippen molar-refractivity contribution in [2.24, 2.45) is 0 Å². The first kappa shape index (κ1) is 19.2. The van der Waals surface area contributed by atoms with Crippen molar-refractivity contribution in [3.05, 3.63) is 56.4 Å². The lowest BCUT2D eigenvalue weighted by atomic mass is 10.2. The third-order valence-electron chi connectivity index (χ3n) is 4.24. The van der Waals surface area contributed by atoms with Gasteiger partial charge in [0.05, 0.1) is 15.8 Å². The van der Waals surface area contributed by atoms with Gasteiger partial charge in [0.1, 0.15) is 4.83 Å². The maximum absolute atomic E-state index is 12.3. The molecule has 9 heteroatoms. The highest BCUT2D eigenvalue weighted by Gasteiger charge is 2.19. The van der Waals surface area contributed by atoms with Gasteiger partial charge in [0.25, 0.3) is 5.56 Å². The van der Waals surface area contributed by atoms with Crippen LogP contribution in [0, 0.1) is 13.8 Å². The number of hydrogen-bond acceptors (Lipinski definition) is 7. The Bertz CT molecular complexity index is 1190. The molecule has 0 radical (unpaired) electrons. The highest BCUT2D eigenvalue weighted by Crippen LogP contribution is 2.27. The number of aromatic nitrogens is 2. The Morgan fingerprint density at radius 3 is 2.44 bits per heavy atom. The van der Waals surface area contributed by atoms with Crippen LogP contribution in [-0.2, 0) is 14.6 Å². The summed E-state index contributed by atoms with van der Waals surface area (Å²) in [5.41, 5.74) is 0.837. The minimum atomic E-state index is -3.34. The summed E-state index contributed by atoms with van der Waals surface area (Å²) >= 11 is 1.42. The molecule has 1 aromatic carbocycles. The van der Waals surface area contributed by atoms with Crippen LogP contribution in [0.4, 0.5) is 0 Å². The molecular formula is C18H18N2O5S2. The average Bonchev–Trinajstić information content (AvgIpc) is 2.88. The number of thiophene rings is 1. The lowest BCUT2D eigenvalue weighted by Gasteiger charge is -2.12. The van der Waals surface area contributed by atoms with Crippen LogP contribution in [0.1, 0.15) is 39.7 Å². The predicted octanol–water partition coefficient (Wildman–Crippen LogP) is 2.92. The summed E-state index contributed by atoms with van der Waals surface area (Å²) in [6.07, 6.45) is 0.320. The standard InChI is InChI=1S/C18H18N2O5S2/c1-9-11(3)26-17-14(9)16(21)19-15(20-17)10(2)25-18(22)12-5-7-13(8-6-12)27(4,23)24/h5-8,10H,1-4H3,(H,19,20,21)/t10-/m1/s1. The van der Waals surface area contributed by atoms with E-state index in [1.54, 1.807) is 6.92 Å². The fourth-order valence-electron chi connectivity index (χ4n) is 2.59. The summed E-state index contributed by atoms with van der Waals surface area (Å²) in [7, 11) is -3.34. The number of nitrogens with one attached hydrogen (secondary N) is 1. The van der Waals surface area contributed by atoms with Gasteiger partial charge in [0, 0.05) is 11.1 Å². The molecule has 27 heavy (non-hydrogen) atoms. The summed E-state index contributed by atoms with van der Waals surface area (Å²) in [6.45, 7) is 5.40. The Morgan fingerprint density at radius 2 is 1.85 bits per heavy atom. The first-order chi connectivity index (χ1) is 12.6. The maximum Gasteiger partial charge on any atom is 0.338 e. The fraction of sp³-hybridized carbons (Fsp3) is 0.278. The van der Waals surface area contributed by atoms with E-state index >= 15 is 0 Å². The summed E-state index contributed by atoms with van der Waals surface area (Å²) in [5, 5.41) is 0.552. The first-order valence-electron chi connectivity index (χ1n) is 8.09. The fourth-order valence-corrected chi connectivity index (χ4v) is 4.25. The highest BCUT2D eigenvalue weighted by molar-refractivity contribution is 7.90. The van der Waals surface area contributed by atoms with Crippen LogP contribution in [0.3, 0.4) is 0 Å². The number of rotatable bonds is 4. The van der Waals surface area contributed by atoms with Crippen molar-refractivity contribution in [1.82, 2.24) is 9.97 Å². The van der Waals surface area contributed by atoms with Crippen LogP contribution in [0.25, 0.3) is 10.2 Å². The number of aromatic amines is 1. The Balaban J connectivity index is 1.84. The number of carbonyl (C=O) groups is 1. The number of sulfone groups is 1. The summed E-state index contributed by atoms with van der Waals surface area (Å²) in [6, 6.07) is 5.47. The van der Waals surface area contributed by atoms with E-state index in [2.05, 4.69) is 9.97 Å². The molecule has 0 aliphatic carbocycles. The van der Waals surface area contributed by atoms with E-state index in [4.69, 9.17) is 4.74 Å². The third-order valence-corrected chi connectivity index (χ3v) is 6.47. The lowest BCUT2D eigenvalue weighted by Crippen LogP contribution is -2.17. The lowest BCUT2D eigenvalue weighted by molar-refractivity contribution is 0.0320. The topological polar surface area (TPSA) is 106 Å². The number of carbonyl (C=O) groups excluding carboxylic acids is 1. The zero-order chi connectivity index (χ0) is 19.9. The summed E-state index contributed by atoms with van der Waals surface area (Å²) < 4.78 is 28.3. The molecule has 1 atom stereocenters. The predicted molar refractivity (Wildman–Crippen MR) is 103 cm³/mol. The van der Waals surface area contributed by atoms with Crippen molar-refractivity contribution in [2.75, 3.05) is 6.26 Å². The van der Waals surface area contributed by atoms with Crippen LogP contribution in [0.5, 0.6) is 0 Å². The van der Waals surface area contributed by atoms with Crippen molar-refractivity contribution >= 4 is 37.4 Å². The number of fused-ring (bicyclic) bond motifs is 1. The number of nitrogens with zero attached hydrogens (tertiary/aromatic N) is 1. The Labute approximate surface area is 160 Å². The molecule has 7 nitrogen and oxygen atoms in total. The van der Waals surface area contributed by atoms with E-state index < -0.39 is 21.9 Å². The van der Waals surface area contributed by atoms with E-state index in [9.17, 15) is 18.0 Å². The van der Waals surface area contributed by atoms with Crippen molar-refractivity contribution in [2.45, 2.75) is 31.8 Å². The van der Waals surface area contributed by atoms with Gasteiger partial charge in [-0.1, -0.05) is 0 Å². The second-order valence-electron chi connectivity index (χ2n) is 6.26. The van der Waals surface area contributed by atoms with E-state index in [0.717, 1.165) is 16.7 Å². The highest BCUT2D eigenvalue weighted by atomic mass is 32.2. The number of benzene rings is 1. The first-order valence-corrected chi connectivity index (χ1v) is 10.8. The molecule has 0 aliphatic heterocycles. The molecule has 0 bridgehead atoms. The number of esters is 1. The number of hydrogen-bond donors (Lipinski definition) is 1. The zero-order valence-electron chi connectivity index (χ0n) is 15.2. The molecule has 0 aliphatic rings. The average molecular weight is 406 g/mol. The molecule has 0 saturated carbocycles. The molecule has 3 rings (SSSR count). The van der Waals surface area contributed by atoms with Crippen LogP contribution in [0.15, 0.2) is 34.0 Å².